The minimum atomic E-state index is -0.466. The summed E-state index contributed by atoms with van der Waals surface area (Å²) in [5.74, 6) is -0.674. The third kappa shape index (κ3) is 6.60. The lowest BCUT2D eigenvalue weighted by atomic mass is 10.0. The normalized spacial score (nSPS) is 12.5. The molecule has 8 heteroatoms. The Balaban J connectivity index is 2.56. The number of nitrogens with zero attached hydrogens (tertiary/aromatic N) is 1. The number of carbonyl (C=O) groups is 2. The quantitative estimate of drug-likeness (QED) is 0.362. The molecule has 1 aromatic rings. The number of carbonyl (C=O) groups excluding carboxylic acids is 2. The Bertz CT molecular complexity index is 620. The fraction of sp³-hybridized carbons (Fsp3) is 0.438. The molecule has 0 aliphatic heterocycles. The van der Waals surface area contributed by atoms with Gasteiger partial charge in [0, 0.05) is 10.2 Å². The van der Waals surface area contributed by atoms with Gasteiger partial charge in [-0.15, -0.1) is 0 Å². The summed E-state index contributed by atoms with van der Waals surface area (Å²) >= 11 is 6.69. The molecule has 0 aliphatic rings. The van der Waals surface area contributed by atoms with Gasteiger partial charge in [-0.05, 0) is 54.4 Å². The average Bonchev–Trinajstić information content (AvgIpc) is 2.53. The van der Waals surface area contributed by atoms with Crippen molar-refractivity contribution in [1.29, 1.82) is 0 Å². The van der Waals surface area contributed by atoms with Crippen LogP contribution in [0.4, 0.5) is 0 Å². The molecular weight excluding hydrogens is 444 g/mol. The lowest BCUT2D eigenvalue weighted by molar-refractivity contribution is -0.145. The van der Waals surface area contributed by atoms with Crippen LogP contribution >= 0.6 is 31.9 Å². The van der Waals surface area contributed by atoms with Crippen molar-refractivity contribution in [3.8, 4) is 5.75 Å². The number of halogens is 2. The number of ether oxygens (including phenoxy) is 2. The van der Waals surface area contributed by atoms with Gasteiger partial charge in [-0.3, -0.25) is 9.59 Å². The first-order chi connectivity index (χ1) is 11.4. The smallest absolute Gasteiger partial charge is 0.314 e. The number of hydrazone groups is 1. The highest BCUT2D eigenvalue weighted by Crippen LogP contribution is 2.28. The molecule has 0 spiro atoms. The molecule has 0 aliphatic carbocycles. The van der Waals surface area contributed by atoms with Crippen LogP contribution in [0.3, 0.4) is 0 Å². The van der Waals surface area contributed by atoms with E-state index in [1.807, 2.05) is 19.1 Å². The third-order valence-corrected chi connectivity index (χ3v) is 4.21. The lowest BCUT2D eigenvalue weighted by Gasteiger charge is -2.13. The molecule has 132 valence electrons. The first-order valence-corrected chi connectivity index (χ1v) is 9.05. The van der Waals surface area contributed by atoms with Gasteiger partial charge in [0.2, 0.25) is 0 Å². The molecule has 6 nitrogen and oxygen atoms in total. The number of nitrogens with one attached hydrogen (secondary N) is 1. The Morgan fingerprint density at radius 2 is 2.00 bits per heavy atom. The van der Waals surface area contributed by atoms with Crippen LogP contribution in [0, 0.1) is 5.92 Å². The van der Waals surface area contributed by atoms with E-state index >= 15 is 0 Å². The van der Waals surface area contributed by atoms with Crippen LogP contribution in [0.2, 0.25) is 0 Å². The van der Waals surface area contributed by atoms with E-state index in [9.17, 15) is 9.59 Å². The van der Waals surface area contributed by atoms with Gasteiger partial charge in [0.15, 0.2) is 6.61 Å². The second-order valence-corrected chi connectivity index (χ2v) is 6.63. The molecular formula is C16H20Br2N2O4. The summed E-state index contributed by atoms with van der Waals surface area (Å²) in [6, 6.07) is 5.37. The number of rotatable bonds is 8. The summed E-state index contributed by atoms with van der Waals surface area (Å²) in [5, 5.41) is 3.96. The van der Waals surface area contributed by atoms with E-state index in [2.05, 4.69) is 42.4 Å². The van der Waals surface area contributed by atoms with Gasteiger partial charge in [0.1, 0.15) is 5.75 Å². The van der Waals surface area contributed by atoms with Crippen LogP contribution < -0.4 is 10.2 Å². The van der Waals surface area contributed by atoms with Crippen molar-refractivity contribution in [1.82, 2.24) is 5.43 Å². The highest BCUT2D eigenvalue weighted by molar-refractivity contribution is 9.11. The SMILES string of the molecule is CCOC(=O)C(CC)/C(C)=N\NC(=O)COc1ccc(Br)cc1Br. The van der Waals surface area contributed by atoms with Gasteiger partial charge in [0.25, 0.3) is 5.91 Å². The first kappa shape index (κ1) is 20.6. The molecule has 0 bridgehead atoms. The van der Waals surface area contributed by atoms with Gasteiger partial charge in [-0.2, -0.15) is 5.10 Å². The number of hydrogen-bond acceptors (Lipinski definition) is 5. The molecule has 24 heavy (non-hydrogen) atoms. The van der Waals surface area contributed by atoms with Gasteiger partial charge >= 0.3 is 5.97 Å². The van der Waals surface area contributed by atoms with E-state index in [1.165, 1.54) is 0 Å². The summed E-state index contributed by atoms with van der Waals surface area (Å²) < 4.78 is 12.0. The molecule has 0 aromatic heterocycles. The number of esters is 1. The van der Waals surface area contributed by atoms with Gasteiger partial charge in [-0.25, -0.2) is 5.43 Å². The summed E-state index contributed by atoms with van der Waals surface area (Å²) in [5.41, 5.74) is 2.88. The van der Waals surface area contributed by atoms with Crippen molar-refractivity contribution < 1.29 is 19.1 Å². The summed E-state index contributed by atoms with van der Waals surface area (Å²) in [4.78, 5) is 23.6. The molecule has 0 heterocycles. The number of benzene rings is 1. The van der Waals surface area contributed by atoms with E-state index < -0.39 is 11.8 Å². The number of hydrogen-bond donors (Lipinski definition) is 1. The second kappa shape index (κ2) is 10.5. The number of amides is 1. The van der Waals surface area contributed by atoms with Crippen molar-refractivity contribution in [3.05, 3.63) is 27.1 Å². The topological polar surface area (TPSA) is 77.0 Å². The Morgan fingerprint density at radius 1 is 1.29 bits per heavy atom. The molecule has 1 aromatic carbocycles. The highest BCUT2D eigenvalue weighted by Gasteiger charge is 2.21. The molecule has 1 rings (SSSR count). The van der Waals surface area contributed by atoms with Crippen LogP contribution in [0.25, 0.3) is 0 Å². The first-order valence-electron chi connectivity index (χ1n) is 7.46. The zero-order valence-electron chi connectivity index (χ0n) is 13.8. The Morgan fingerprint density at radius 3 is 2.58 bits per heavy atom. The van der Waals surface area contributed by atoms with Crippen LogP contribution in [-0.4, -0.2) is 30.8 Å². The molecule has 0 saturated heterocycles. The van der Waals surface area contributed by atoms with Crippen molar-refractivity contribution in [3.63, 3.8) is 0 Å². The van der Waals surface area contributed by atoms with E-state index in [1.54, 1.807) is 19.9 Å². The van der Waals surface area contributed by atoms with Crippen molar-refractivity contribution in [2.24, 2.45) is 11.0 Å². The van der Waals surface area contributed by atoms with Gasteiger partial charge in [-0.1, -0.05) is 22.9 Å². The molecule has 1 atom stereocenters. The maximum absolute atomic E-state index is 11.8. The summed E-state index contributed by atoms with van der Waals surface area (Å²) in [6.07, 6.45) is 0.548. The molecule has 1 amide bonds. The predicted octanol–water partition coefficient (Wildman–Crippen LogP) is 3.67. The van der Waals surface area contributed by atoms with E-state index in [-0.39, 0.29) is 12.6 Å². The Hall–Kier alpha value is -1.41. The van der Waals surface area contributed by atoms with E-state index in [0.717, 1.165) is 8.95 Å². The van der Waals surface area contributed by atoms with Crippen LogP contribution in [0.5, 0.6) is 5.75 Å². The Kier molecular flexibility index (Phi) is 8.99. The summed E-state index contributed by atoms with van der Waals surface area (Å²) in [7, 11) is 0. The lowest BCUT2D eigenvalue weighted by Crippen LogP contribution is -2.29. The predicted molar refractivity (Wildman–Crippen MR) is 99.0 cm³/mol. The monoisotopic (exact) mass is 462 g/mol. The minimum Gasteiger partial charge on any atom is -0.483 e. The fourth-order valence-electron chi connectivity index (χ4n) is 1.87. The fourth-order valence-corrected chi connectivity index (χ4v) is 3.03. The van der Waals surface area contributed by atoms with E-state index in [4.69, 9.17) is 9.47 Å². The van der Waals surface area contributed by atoms with Crippen molar-refractivity contribution >= 4 is 49.4 Å². The zero-order valence-corrected chi connectivity index (χ0v) is 16.9. The van der Waals surface area contributed by atoms with Crippen LogP contribution in [0.15, 0.2) is 32.2 Å². The standard InChI is InChI=1S/C16H20Br2N2O4/c1-4-12(16(22)23-5-2)10(3)19-20-15(21)9-24-14-7-6-11(17)8-13(14)18/h6-8,12H,4-5,9H2,1-3H3,(H,20,21)/b19-10-. The minimum absolute atomic E-state index is 0.187. The zero-order chi connectivity index (χ0) is 18.1. The van der Waals surface area contributed by atoms with Crippen molar-refractivity contribution in [2.75, 3.05) is 13.2 Å². The van der Waals surface area contributed by atoms with Gasteiger partial charge < -0.3 is 9.47 Å². The highest BCUT2D eigenvalue weighted by atomic mass is 79.9. The molecule has 0 saturated carbocycles. The maximum Gasteiger partial charge on any atom is 0.314 e. The average molecular weight is 464 g/mol. The van der Waals surface area contributed by atoms with Crippen molar-refractivity contribution in [2.45, 2.75) is 27.2 Å². The van der Waals surface area contributed by atoms with Gasteiger partial charge in [0.05, 0.1) is 17.0 Å². The largest absolute Gasteiger partial charge is 0.483 e. The molecule has 0 fully saturated rings. The molecule has 1 unspecified atom stereocenters. The van der Waals surface area contributed by atoms with E-state index in [0.29, 0.717) is 24.5 Å². The second-order valence-electron chi connectivity index (χ2n) is 4.86. The maximum atomic E-state index is 11.8. The van der Waals surface area contributed by atoms with Crippen LogP contribution in [0.1, 0.15) is 27.2 Å². The third-order valence-electron chi connectivity index (χ3n) is 3.09. The molecule has 1 N–H and O–H groups in total. The molecule has 0 radical (unpaired) electrons. The Labute approximate surface area is 158 Å². The van der Waals surface area contributed by atoms with Crippen LogP contribution in [-0.2, 0) is 14.3 Å². The summed E-state index contributed by atoms with van der Waals surface area (Å²) in [6.45, 7) is 5.41.